The normalized spacial score (nSPS) is 11.5. The minimum Gasteiger partial charge on any atom is -0.433 e. The van der Waals surface area contributed by atoms with Crippen LogP contribution in [0, 0.1) is 11.3 Å². The van der Waals surface area contributed by atoms with Gasteiger partial charge in [-0.15, -0.1) is 0 Å². The number of carbonyl (C=O) groups is 5. The standard InChI is InChI=1S/C11H8BrClN2O2.C11H9ClN2O2.C7H5ClN2O2.C7H10ClNO3/c12-9-3-1-8(2-4-9)10-5-6-15(14-10)11(16)17-7-13;12-8-16-11(15)14-7-6-10(13-14)9-4-2-1-3-5-9;8-5-12-7(11)10-3-1-2-6(10)4-9;8-5-12-7(11)9-3-1-6(10)2-4-9/h1-6H,7H2;1-7H,8H2;1-3H,5H2;1-5H2. The van der Waals surface area contributed by atoms with E-state index in [-0.39, 0.29) is 35.7 Å². The minimum absolute atomic E-state index is 0.136. The molecule has 0 bridgehead atoms. The molecular formula is C36H32BrCl4N7O9. The number of piperidine rings is 1. The summed E-state index contributed by atoms with van der Waals surface area (Å²) in [7, 11) is 0. The van der Waals surface area contributed by atoms with Gasteiger partial charge in [-0.2, -0.15) is 24.8 Å². The lowest BCUT2D eigenvalue weighted by atomic mass is 10.1. The number of carbonyl (C=O) groups excluding carboxylic acids is 5. The molecule has 57 heavy (non-hydrogen) atoms. The Balaban J connectivity index is 0.000000206. The molecule has 3 aromatic heterocycles. The van der Waals surface area contributed by atoms with E-state index in [0.29, 0.717) is 37.3 Å². The predicted octanol–water partition coefficient (Wildman–Crippen LogP) is 8.75. The van der Waals surface area contributed by atoms with Crippen molar-refractivity contribution < 1.29 is 42.9 Å². The molecule has 6 rings (SSSR count). The number of benzene rings is 2. The Morgan fingerprint density at radius 3 is 1.60 bits per heavy atom. The number of ether oxygens (including phenoxy) is 4. The van der Waals surface area contributed by atoms with E-state index in [2.05, 4.69) is 45.1 Å². The van der Waals surface area contributed by atoms with Crippen LogP contribution in [0.3, 0.4) is 0 Å². The second kappa shape index (κ2) is 25.0. The first kappa shape index (κ1) is 46.0. The van der Waals surface area contributed by atoms with Gasteiger partial charge in [0, 0.05) is 60.1 Å². The Hall–Kier alpha value is -5.38. The maximum absolute atomic E-state index is 11.3. The van der Waals surface area contributed by atoms with Crippen LogP contribution in [0.2, 0.25) is 0 Å². The van der Waals surface area contributed by atoms with Gasteiger partial charge in [0.05, 0.1) is 11.4 Å². The number of likely N-dealkylation sites (tertiary alicyclic amines) is 1. The van der Waals surface area contributed by atoms with E-state index in [0.717, 1.165) is 29.5 Å². The van der Waals surface area contributed by atoms with Gasteiger partial charge in [0.1, 0.15) is 17.5 Å². The van der Waals surface area contributed by atoms with Crippen LogP contribution in [-0.4, -0.2) is 96.5 Å². The van der Waals surface area contributed by atoms with Crippen molar-refractivity contribution in [1.29, 1.82) is 5.26 Å². The van der Waals surface area contributed by atoms with Crippen LogP contribution >= 0.6 is 62.3 Å². The molecule has 0 aliphatic carbocycles. The summed E-state index contributed by atoms with van der Waals surface area (Å²) < 4.78 is 22.5. The zero-order valence-electron chi connectivity index (χ0n) is 29.6. The third-order valence-corrected chi connectivity index (χ3v) is 8.08. The molecule has 0 N–H and O–H groups in total. The maximum atomic E-state index is 11.3. The lowest BCUT2D eigenvalue weighted by molar-refractivity contribution is -0.121. The Kier molecular flexibility index (Phi) is 20.2. The van der Waals surface area contributed by atoms with Crippen molar-refractivity contribution in [2.45, 2.75) is 12.8 Å². The molecule has 1 amide bonds. The largest absolute Gasteiger partial charge is 0.435 e. The fourth-order valence-electron chi connectivity index (χ4n) is 4.44. The summed E-state index contributed by atoms with van der Waals surface area (Å²) in [5, 5.41) is 16.7. The van der Waals surface area contributed by atoms with Crippen molar-refractivity contribution in [2.24, 2.45) is 0 Å². The molecule has 0 unspecified atom stereocenters. The Bertz CT molecular complexity index is 2100. The zero-order chi connectivity index (χ0) is 41.6. The summed E-state index contributed by atoms with van der Waals surface area (Å²) in [4.78, 5) is 56.9. The zero-order valence-corrected chi connectivity index (χ0v) is 34.2. The second-order valence-electron chi connectivity index (χ2n) is 10.6. The predicted molar refractivity (Wildman–Crippen MR) is 213 cm³/mol. The first-order valence-corrected chi connectivity index (χ1v) is 19.2. The summed E-state index contributed by atoms with van der Waals surface area (Å²) in [5.41, 5.74) is 3.51. The molecule has 300 valence electrons. The highest BCUT2D eigenvalue weighted by Gasteiger charge is 2.21. The number of amides is 1. The molecule has 2 aromatic carbocycles. The molecule has 1 aliphatic heterocycles. The van der Waals surface area contributed by atoms with Crippen LogP contribution in [0.1, 0.15) is 18.5 Å². The van der Waals surface area contributed by atoms with Gasteiger partial charge in [0.25, 0.3) is 0 Å². The Morgan fingerprint density at radius 2 is 1.11 bits per heavy atom. The van der Waals surface area contributed by atoms with Gasteiger partial charge >= 0.3 is 24.4 Å². The van der Waals surface area contributed by atoms with Gasteiger partial charge in [-0.25, -0.2) is 23.7 Å². The number of hydrogen-bond acceptors (Lipinski definition) is 12. The number of Topliss-reactive ketones (excluding diaryl/α,β-unsaturated/α-hetero) is 1. The van der Waals surface area contributed by atoms with Crippen molar-refractivity contribution in [3.8, 4) is 28.6 Å². The Morgan fingerprint density at radius 1 is 0.632 bits per heavy atom. The molecule has 1 saturated heterocycles. The molecule has 4 heterocycles. The van der Waals surface area contributed by atoms with Crippen LogP contribution in [-0.2, 0) is 23.7 Å². The highest BCUT2D eigenvalue weighted by atomic mass is 79.9. The molecular weight excluding hydrogens is 896 g/mol. The van der Waals surface area contributed by atoms with Crippen molar-refractivity contribution in [3.05, 3.63) is 108 Å². The van der Waals surface area contributed by atoms with Gasteiger partial charge in [0.2, 0.25) is 0 Å². The lowest BCUT2D eigenvalue weighted by Gasteiger charge is -2.24. The van der Waals surface area contributed by atoms with Crippen molar-refractivity contribution in [3.63, 3.8) is 0 Å². The fourth-order valence-corrected chi connectivity index (χ4v) is 5.08. The van der Waals surface area contributed by atoms with E-state index in [9.17, 15) is 24.0 Å². The number of halogens is 5. The molecule has 1 fully saturated rings. The molecule has 0 atom stereocenters. The molecule has 0 radical (unpaired) electrons. The quantitative estimate of drug-likeness (QED) is 0.116. The topological polar surface area (TPSA) is 190 Å². The third kappa shape index (κ3) is 15.2. The Labute approximate surface area is 354 Å². The number of nitrogens with zero attached hydrogens (tertiary/aromatic N) is 7. The number of nitriles is 1. The van der Waals surface area contributed by atoms with Gasteiger partial charge in [-0.1, -0.05) is 105 Å². The summed E-state index contributed by atoms with van der Waals surface area (Å²) in [6.45, 7) is 0.906. The summed E-state index contributed by atoms with van der Waals surface area (Å²) in [6, 6.07) is 24.9. The van der Waals surface area contributed by atoms with Gasteiger partial charge in [-0.3, -0.25) is 4.79 Å². The van der Waals surface area contributed by atoms with E-state index in [1.54, 1.807) is 18.2 Å². The number of alkyl halides is 4. The molecule has 1 aliphatic rings. The van der Waals surface area contributed by atoms with Gasteiger partial charge < -0.3 is 23.8 Å². The maximum Gasteiger partial charge on any atom is 0.435 e. The van der Waals surface area contributed by atoms with Crippen molar-refractivity contribution >= 4 is 92.5 Å². The highest BCUT2D eigenvalue weighted by Crippen LogP contribution is 2.20. The van der Waals surface area contributed by atoms with Gasteiger partial charge in [-0.05, 0) is 36.4 Å². The van der Waals surface area contributed by atoms with E-state index in [1.807, 2.05) is 60.7 Å². The van der Waals surface area contributed by atoms with E-state index >= 15 is 0 Å². The second-order valence-corrected chi connectivity index (χ2v) is 12.4. The lowest BCUT2D eigenvalue weighted by Crippen LogP contribution is -2.38. The SMILES string of the molecule is N#Cc1cccn1C(=O)OCCl.O=C(OCCl)n1ccc(-c2ccc(Br)cc2)n1.O=C(OCCl)n1ccc(-c2ccccc2)n1.O=C1CCN(C(=O)OCCl)CC1. The number of aromatic nitrogens is 5. The monoisotopic (exact) mass is 925 g/mol. The number of ketones is 1. The van der Waals surface area contributed by atoms with Crippen molar-refractivity contribution in [1.82, 2.24) is 29.0 Å². The van der Waals surface area contributed by atoms with Crippen molar-refractivity contribution in [2.75, 3.05) is 37.4 Å². The summed E-state index contributed by atoms with van der Waals surface area (Å²) in [6.07, 6.45) is 3.11. The minimum atomic E-state index is -0.647. The van der Waals surface area contributed by atoms with Crippen LogP contribution in [0.4, 0.5) is 19.2 Å². The molecule has 5 aromatic rings. The van der Waals surface area contributed by atoms with Crippen LogP contribution < -0.4 is 0 Å². The molecule has 0 saturated carbocycles. The summed E-state index contributed by atoms with van der Waals surface area (Å²) in [5.74, 6) is 0.199. The number of rotatable bonds is 6. The number of hydrogen-bond donors (Lipinski definition) is 0. The van der Waals surface area contributed by atoms with E-state index in [4.69, 9.17) is 51.7 Å². The smallest absolute Gasteiger partial charge is 0.433 e. The summed E-state index contributed by atoms with van der Waals surface area (Å²) >= 11 is 24.3. The van der Waals surface area contributed by atoms with Gasteiger partial charge in [0.15, 0.2) is 24.3 Å². The van der Waals surface area contributed by atoms with E-state index < -0.39 is 24.4 Å². The van der Waals surface area contributed by atoms with Crippen LogP contribution in [0.15, 0.2) is 102 Å². The average Bonchev–Trinajstić information content (AvgIpc) is 4.02. The average molecular weight is 928 g/mol. The fraction of sp³-hybridized carbons (Fsp3) is 0.222. The van der Waals surface area contributed by atoms with Crippen LogP contribution in [0.5, 0.6) is 0 Å². The molecule has 21 heteroatoms. The van der Waals surface area contributed by atoms with E-state index in [1.165, 1.54) is 29.6 Å². The first-order valence-electron chi connectivity index (χ1n) is 16.2. The van der Waals surface area contributed by atoms with Crippen LogP contribution in [0.25, 0.3) is 22.5 Å². The highest BCUT2D eigenvalue weighted by molar-refractivity contribution is 9.10. The molecule has 0 spiro atoms. The third-order valence-electron chi connectivity index (χ3n) is 7.11. The first-order chi connectivity index (χ1) is 27.5. The molecule has 16 nitrogen and oxygen atoms in total.